The summed E-state index contributed by atoms with van der Waals surface area (Å²) in [5.74, 6) is -1.11. The van der Waals surface area contributed by atoms with Gasteiger partial charge in [0.05, 0.1) is 17.9 Å². The third-order valence-electron chi connectivity index (χ3n) is 5.38. The number of nitrogens with one attached hydrogen (secondary N) is 1. The maximum Gasteiger partial charge on any atom is 0.410 e. The van der Waals surface area contributed by atoms with Crippen molar-refractivity contribution in [2.24, 2.45) is 0 Å². The zero-order valence-corrected chi connectivity index (χ0v) is 19.7. The van der Waals surface area contributed by atoms with Crippen molar-refractivity contribution < 1.29 is 19.1 Å². The Balaban J connectivity index is 1.84. The first-order valence-corrected chi connectivity index (χ1v) is 10.8. The van der Waals surface area contributed by atoms with Crippen LogP contribution in [0.2, 0.25) is 0 Å². The van der Waals surface area contributed by atoms with Gasteiger partial charge in [-0.05, 0) is 51.8 Å². The molecule has 0 bridgehead atoms. The van der Waals surface area contributed by atoms with Crippen molar-refractivity contribution in [3.8, 4) is 0 Å². The number of rotatable bonds is 2. The fraction of sp³-hybridized carbons (Fsp3) is 0.417. The van der Waals surface area contributed by atoms with E-state index < -0.39 is 29.6 Å². The molecule has 1 aliphatic rings. The van der Waals surface area contributed by atoms with Crippen molar-refractivity contribution in [1.29, 1.82) is 0 Å². The quantitative estimate of drug-likeness (QED) is 0.675. The maximum absolute atomic E-state index is 13.2. The van der Waals surface area contributed by atoms with Crippen LogP contribution in [0.3, 0.4) is 0 Å². The Morgan fingerprint density at radius 2 is 1.79 bits per heavy atom. The lowest BCUT2D eigenvalue weighted by Gasteiger charge is -2.45. The van der Waals surface area contributed by atoms with Crippen LogP contribution in [-0.2, 0) is 14.3 Å². The number of hydrogen-bond donors (Lipinski definition) is 2. The van der Waals surface area contributed by atoms with E-state index in [2.05, 4.69) is 10.3 Å². The van der Waals surface area contributed by atoms with Crippen LogP contribution >= 0.6 is 0 Å². The predicted molar refractivity (Wildman–Crippen MR) is 125 cm³/mol. The van der Waals surface area contributed by atoms with Gasteiger partial charge in [0.1, 0.15) is 11.4 Å². The molecule has 2 aromatic rings. The average Bonchev–Trinajstić information content (AvgIpc) is 2.75. The SMILES string of the molecule is Cc1cc(NC(=O)C(=O)N2C[C@@H](C)N(C(=O)OC(C)(C)C)C[C@@H]2c2ccccc2)cnc1N. The molecule has 1 aliphatic heterocycles. The van der Waals surface area contributed by atoms with Gasteiger partial charge in [0.2, 0.25) is 0 Å². The number of carbonyl (C=O) groups excluding carboxylic acids is 3. The first kappa shape index (κ1) is 24.0. The highest BCUT2D eigenvalue weighted by atomic mass is 16.6. The summed E-state index contributed by atoms with van der Waals surface area (Å²) in [6.45, 7) is 9.41. The molecule has 176 valence electrons. The monoisotopic (exact) mass is 453 g/mol. The van der Waals surface area contributed by atoms with E-state index in [1.807, 2.05) is 58.0 Å². The van der Waals surface area contributed by atoms with Crippen LogP contribution in [0.4, 0.5) is 16.3 Å². The van der Waals surface area contributed by atoms with Gasteiger partial charge in [-0.1, -0.05) is 30.3 Å². The Kier molecular flexibility index (Phi) is 6.90. The minimum Gasteiger partial charge on any atom is -0.444 e. The number of aromatic nitrogens is 1. The predicted octanol–water partition coefficient (Wildman–Crippen LogP) is 3.12. The molecule has 0 spiro atoms. The largest absolute Gasteiger partial charge is 0.444 e. The molecule has 0 unspecified atom stereocenters. The molecule has 2 heterocycles. The number of nitrogens with two attached hydrogens (primary N) is 1. The second kappa shape index (κ2) is 9.48. The third kappa shape index (κ3) is 5.79. The van der Waals surface area contributed by atoms with Crippen LogP contribution in [0.25, 0.3) is 0 Å². The highest BCUT2D eigenvalue weighted by Crippen LogP contribution is 2.29. The molecular formula is C24H31N5O4. The summed E-state index contributed by atoms with van der Waals surface area (Å²) in [5, 5.41) is 2.61. The van der Waals surface area contributed by atoms with Crippen molar-refractivity contribution >= 4 is 29.4 Å². The summed E-state index contributed by atoms with van der Waals surface area (Å²) in [6.07, 6.45) is 0.960. The Labute approximate surface area is 193 Å². The van der Waals surface area contributed by atoms with Crippen LogP contribution in [0.1, 0.15) is 44.9 Å². The molecule has 3 amide bonds. The van der Waals surface area contributed by atoms with E-state index in [-0.39, 0.29) is 19.1 Å². The topological polar surface area (TPSA) is 118 Å². The van der Waals surface area contributed by atoms with Gasteiger partial charge in [-0.25, -0.2) is 9.78 Å². The highest BCUT2D eigenvalue weighted by molar-refractivity contribution is 6.39. The maximum atomic E-state index is 13.2. The summed E-state index contributed by atoms with van der Waals surface area (Å²) in [5.41, 5.74) is 6.99. The minimum atomic E-state index is -0.778. The lowest BCUT2D eigenvalue weighted by atomic mass is 9.99. The fourth-order valence-electron chi connectivity index (χ4n) is 3.70. The molecule has 0 saturated carbocycles. The van der Waals surface area contributed by atoms with Gasteiger partial charge in [0, 0.05) is 19.1 Å². The minimum absolute atomic E-state index is 0.185. The molecule has 3 N–H and O–H groups in total. The molecule has 0 aliphatic carbocycles. The molecule has 9 nitrogen and oxygen atoms in total. The van der Waals surface area contributed by atoms with E-state index >= 15 is 0 Å². The number of carbonyl (C=O) groups is 3. The molecule has 9 heteroatoms. The summed E-state index contributed by atoms with van der Waals surface area (Å²) in [4.78, 5) is 46.0. The number of benzene rings is 1. The lowest BCUT2D eigenvalue weighted by molar-refractivity contribution is -0.147. The first-order valence-electron chi connectivity index (χ1n) is 10.8. The highest BCUT2D eigenvalue weighted by Gasteiger charge is 2.40. The van der Waals surface area contributed by atoms with E-state index in [1.54, 1.807) is 17.9 Å². The Hall–Kier alpha value is -3.62. The number of pyridine rings is 1. The van der Waals surface area contributed by atoms with Gasteiger partial charge in [-0.2, -0.15) is 0 Å². The van der Waals surface area contributed by atoms with Crippen molar-refractivity contribution in [2.45, 2.75) is 52.3 Å². The molecular weight excluding hydrogens is 422 g/mol. The molecule has 0 radical (unpaired) electrons. The smallest absolute Gasteiger partial charge is 0.410 e. The van der Waals surface area contributed by atoms with E-state index in [4.69, 9.17) is 10.5 Å². The fourth-order valence-corrected chi connectivity index (χ4v) is 3.70. The molecule has 1 saturated heterocycles. The van der Waals surface area contributed by atoms with Gasteiger partial charge in [-0.3, -0.25) is 9.59 Å². The van der Waals surface area contributed by atoms with Crippen LogP contribution in [0, 0.1) is 6.92 Å². The van der Waals surface area contributed by atoms with Crippen LogP contribution in [0.5, 0.6) is 0 Å². The molecule has 33 heavy (non-hydrogen) atoms. The summed E-state index contributed by atoms with van der Waals surface area (Å²) in [6, 6.07) is 10.2. The molecule has 1 aromatic carbocycles. The standard InChI is InChI=1S/C24H31N5O4/c1-15-11-18(12-26-20(15)25)27-21(30)22(31)29-13-16(2)28(23(32)33-24(3,4)5)14-19(29)17-9-7-6-8-10-17/h6-12,16,19H,13-14H2,1-5H3,(H2,25,26)(H,27,30)/t16-,19-/m1/s1. The number of piperazine rings is 1. The Bertz CT molecular complexity index is 1030. The molecule has 3 rings (SSSR count). The normalized spacial score (nSPS) is 18.6. The summed E-state index contributed by atoms with van der Waals surface area (Å²) >= 11 is 0. The van der Waals surface area contributed by atoms with Crippen LogP contribution in [0.15, 0.2) is 42.6 Å². The zero-order chi connectivity index (χ0) is 24.3. The van der Waals surface area contributed by atoms with E-state index in [0.717, 1.165) is 5.56 Å². The van der Waals surface area contributed by atoms with Gasteiger partial charge in [-0.15, -0.1) is 0 Å². The van der Waals surface area contributed by atoms with Gasteiger partial charge < -0.3 is 25.6 Å². The first-order chi connectivity index (χ1) is 15.5. The van der Waals surface area contributed by atoms with Crippen molar-refractivity contribution in [3.63, 3.8) is 0 Å². The number of amides is 3. The number of nitrogens with zero attached hydrogens (tertiary/aromatic N) is 3. The second-order valence-corrected chi connectivity index (χ2v) is 9.25. The number of ether oxygens (including phenoxy) is 1. The van der Waals surface area contributed by atoms with E-state index in [9.17, 15) is 14.4 Å². The lowest BCUT2D eigenvalue weighted by Crippen LogP contribution is -2.59. The third-order valence-corrected chi connectivity index (χ3v) is 5.38. The van der Waals surface area contributed by atoms with Gasteiger partial charge in [0.25, 0.3) is 0 Å². The number of aryl methyl sites for hydroxylation is 1. The summed E-state index contributed by atoms with van der Waals surface area (Å²) in [7, 11) is 0. The van der Waals surface area contributed by atoms with Crippen molar-refractivity contribution in [1.82, 2.24) is 14.8 Å². The van der Waals surface area contributed by atoms with Crippen LogP contribution in [-0.4, -0.2) is 57.4 Å². The Morgan fingerprint density at radius 1 is 1.12 bits per heavy atom. The van der Waals surface area contributed by atoms with Crippen LogP contribution < -0.4 is 11.1 Å². The van der Waals surface area contributed by atoms with Gasteiger partial charge >= 0.3 is 17.9 Å². The van der Waals surface area contributed by atoms with Crippen molar-refractivity contribution in [2.75, 3.05) is 24.1 Å². The number of nitrogen functional groups attached to an aromatic ring is 1. The van der Waals surface area contributed by atoms with Crippen molar-refractivity contribution in [3.05, 3.63) is 53.7 Å². The average molecular weight is 454 g/mol. The zero-order valence-electron chi connectivity index (χ0n) is 19.7. The van der Waals surface area contributed by atoms with Gasteiger partial charge in [0.15, 0.2) is 0 Å². The Morgan fingerprint density at radius 3 is 2.39 bits per heavy atom. The molecule has 2 atom stereocenters. The molecule has 1 fully saturated rings. The van der Waals surface area contributed by atoms with E-state index in [1.165, 1.54) is 11.1 Å². The van der Waals surface area contributed by atoms with E-state index in [0.29, 0.717) is 17.1 Å². The second-order valence-electron chi connectivity index (χ2n) is 9.25. The number of anilines is 2. The summed E-state index contributed by atoms with van der Waals surface area (Å²) < 4.78 is 5.56. The number of hydrogen-bond acceptors (Lipinski definition) is 6. The molecule has 1 aromatic heterocycles.